The van der Waals surface area contributed by atoms with Crippen LogP contribution in [0.5, 0.6) is 0 Å². The maximum Gasteiger partial charge on any atom is 0.357 e. The summed E-state index contributed by atoms with van der Waals surface area (Å²) in [5.74, 6) is -0.767. The van der Waals surface area contributed by atoms with Crippen LogP contribution in [0.4, 0.5) is 8.78 Å². The van der Waals surface area contributed by atoms with E-state index in [2.05, 4.69) is 11.3 Å². The van der Waals surface area contributed by atoms with Gasteiger partial charge < -0.3 is 14.0 Å². The van der Waals surface area contributed by atoms with Crippen molar-refractivity contribution in [3.8, 4) is 0 Å². The van der Waals surface area contributed by atoms with Gasteiger partial charge in [-0.3, -0.25) is 0 Å². The van der Waals surface area contributed by atoms with E-state index >= 15 is 0 Å². The predicted molar refractivity (Wildman–Crippen MR) is 72.2 cm³/mol. The summed E-state index contributed by atoms with van der Waals surface area (Å²) < 4.78 is 66.3. The summed E-state index contributed by atoms with van der Waals surface area (Å²) in [6.07, 6.45) is 3.99. The molecule has 9 heteroatoms. The van der Waals surface area contributed by atoms with Gasteiger partial charge in [0.15, 0.2) is 10.1 Å². The molecule has 0 aliphatic heterocycles. The number of halogens is 2. The Bertz CT molecular complexity index is 523. The summed E-state index contributed by atoms with van der Waals surface area (Å²) in [7, 11) is -5.81. The Hall–Kier alpha value is -1.06. The molecule has 0 unspecified atom stereocenters. The molecular weight excluding hydrogens is 322 g/mol. The fourth-order valence-corrected chi connectivity index (χ4v) is 2.47. The average molecular weight is 341 g/mol. The maximum absolute atomic E-state index is 12.9. The third kappa shape index (κ3) is 4.72. The largest absolute Gasteiger partial charge is 0.743 e. The van der Waals surface area contributed by atoms with E-state index in [0.717, 1.165) is 25.7 Å². The summed E-state index contributed by atoms with van der Waals surface area (Å²) in [6.45, 7) is 2.99. The Balaban J connectivity index is 2.47. The fraction of sp³-hybridized carbons (Fsp3) is 0.769. The van der Waals surface area contributed by atoms with Gasteiger partial charge in [0.2, 0.25) is 0 Å². The van der Waals surface area contributed by atoms with E-state index in [1.807, 2.05) is 6.92 Å². The molecule has 22 heavy (non-hydrogen) atoms. The zero-order valence-electron chi connectivity index (χ0n) is 12.3. The molecule has 1 fully saturated rings. The van der Waals surface area contributed by atoms with Gasteiger partial charge in [-0.15, -0.1) is 0 Å². The second-order valence-electron chi connectivity index (χ2n) is 5.32. The average Bonchev–Trinajstić information content (AvgIpc) is 2.86. The molecule has 1 aliphatic carbocycles. The lowest BCUT2D eigenvalue weighted by Gasteiger charge is -2.28. The van der Waals surface area contributed by atoms with Crippen molar-refractivity contribution in [1.82, 2.24) is 0 Å². The molecule has 0 amide bonds. The molecule has 0 N–H and O–H groups in total. The molecule has 0 aromatic heterocycles. The highest BCUT2D eigenvalue weighted by Crippen LogP contribution is 2.36. The van der Waals surface area contributed by atoms with Gasteiger partial charge in [-0.1, -0.05) is 13.5 Å². The molecule has 0 aromatic rings. The zero-order valence-corrected chi connectivity index (χ0v) is 13.1. The van der Waals surface area contributed by atoms with Crippen molar-refractivity contribution in [3.63, 3.8) is 0 Å². The summed E-state index contributed by atoms with van der Waals surface area (Å²) in [6, 6.07) is 0. The van der Waals surface area contributed by atoms with E-state index in [-0.39, 0.29) is 5.57 Å². The van der Waals surface area contributed by atoms with E-state index in [1.165, 1.54) is 0 Å². The van der Waals surface area contributed by atoms with Gasteiger partial charge in [0, 0.05) is 0 Å². The highest BCUT2D eigenvalue weighted by Gasteiger charge is 2.39. The highest BCUT2D eigenvalue weighted by molar-refractivity contribution is 7.86. The monoisotopic (exact) mass is 341 g/mol. The third-order valence-corrected chi connectivity index (χ3v) is 4.52. The molecule has 0 radical (unpaired) electrons. The molecule has 0 saturated heterocycles. The second-order valence-corrected chi connectivity index (χ2v) is 6.83. The molecule has 1 rings (SSSR count). The first kappa shape index (κ1) is 19.0. The summed E-state index contributed by atoms with van der Waals surface area (Å²) in [5.41, 5.74) is -0.763. The van der Waals surface area contributed by atoms with Crippen LogP contribution in [0.15, 0.2) is 12.2 Å². The highest BCUT2D eigenvalue weighted by atomic mass is 32.2. The smallest absolute Gasteiger partial charge is 0.357 e. The van der Waals surface area contributed by atoms with Gasteiger partial charge in [0.05, 0.1) is 12.2 Å². The zero-order chi connectivity index (χ0) is 17.0. The Morgan fingerprint density at radius 3 is 2.36 bits per heavy atom. The predicted octanol–water partition coefficient (Wildman–Crippen LogP) is 1.96. The van der Waals surface area contributed by atoms with Crippen molar-refractivity contribution in [2.75, 3.05) is 13.2 Å². The molecule has 128 valence electrons. The van der Waals surface area contributed by atoms with Crippen molar-refractivity contribution < 1.29 is 36.0 Å². The van der Waals surface area contributed by atoms with Crippen LogP contribution in [-0.2, 0) is 24.4 Å². The number of carbonyl (C=O) groups excluding carboxylic acids is 1. The van der Waals surface area contributed by atoms with Crippen LogP contribution in [0.3, 0.4) is 0 Å². The second kappa shape index (κ2) is 7.01. The lowest BCUT2D eigenvalue weighted by molar-refractivity contribution is -0.155. The van der Waals surface area contributed by atoms with Crippen LogP contribution < -0.4 is 0 Å². The molecule has 0 heterocycles. The van der Waals surface area contributed by atoms with E-state index < -0.39 is 40.2 Å². The van der Waals surface area contributed by atoms with Crippen molar-refractivity contribution in [2.45, 2.75) is 49.9 Å². The first-order valence-electron chi connectivity index (χ1n) is 6.85. The van der Waals surface area contributed by atoms with E-state index in [0.29, 0.717) is 6.42 Å². The summed E-state index contributed by atoms with van der Waals surface area (Å²) in [4.78, 5) is 11.8. The Morgan fingerprint density at radius 1 is 1.36 bits per heavy atom. The van der Waals surface area contributed by atoms with E-state index in [9.17, 15) is 26.5 Å². The first-order chi connectivity index (χ1) is 10.0. The van der Waals surface area contributed by atoms with Crippen LogP contribution in [0.25, 0.3) is 0 Å². The number of ether oxygens (including phenoxy) is 2. The van der Waals surface area contributed by atoms with Gasteiger partial charge >= 0.3 is 11.2 Å². The molecule has 0 aromatic carbocycles. The minimum Gasteiger partial charge on any atom is -0.743 e. The van der Waals surface area contributed by atoms with Crippen LogP contribution in [0.2, 0.25) is 0 Å². The number of hydrogen-bond acceptors (Lipinski definition) is 6. The van der Waals surface area contributed by atoms with Gasteiger partial charge in [0.25, 0.3) is 0 Å². The summed E-state index contributed by atoms with van der Waals surface area (Å²) in [5, 5.41) is -4.55. The minimum atomic E-state index is -5.81. The van der Waals surface area contributed by atoms with Crippen LogP contribution in [0, 0.1) is 0 Å². The van der Waals surface area contributed by atoms with E-state index in [4.69, 9.17) is 4.74 Å². The number of rotatable bonds is 8. The topological polar surface area (TPSA) is 92.7 Å². The van der Waals surface area contributed by atoms with Crippen LogP contribution >= 0.6 is 0 Å². The number of esters is 1. The lowest BCUT2D eigenvalue weighted by atomic mass is 9.99. The summed E-state index contributed by atoms with van der Waals surface area (Å²) >= 11 is 0. The molecule has 0 spiro atoms. The SMILES string of the molecule is C=C(COCC(F)(F)S(=O)(=O)[O-])C(=O)OC1(CC)CCCC1. The van der Waals surface area contributed by atoms with Crippen molar-refractivity contribution in [3.05, 3.63) is 12.2 Å². The van der Waals surface area contributed by atoms with Gasteiger partial charge in [0.1, 0.15) is 12.2 Å². The number of alkyl halides is 2. The van der Waals surface area contributed by atoms with Crippen molar-refractivity contribution >= 4 is 16.1 Å². The standard InChI is InChI=1S/C13H20F2O6S/c1-3-12(6-4-5-7-12)21-11(16)10(2)8-20-9-13(14,15)22(17,18)19/h2-9H2,1H3,(H,17,18,19)/p-1. The van der Waals surface area contributed by atoms with Gasteiger partial charge in [-0.25, -0.2) is 13.2 Å². The van der Waals surface area contributed by atoms with Gasteiger partial charge in [-0.05, 0) is 32.1 Å². The fourth-order valence-electron chi connectivity index (χ4n) is 2.24. The molecular formula is C13H19F2O6S-. The van der Waals surface area contributed by atoms with Crippen LogP contribution in [-0.4, -0.2) is 43.0 Å². The number of carbonyl (C=O) groups is 1. The minimum absolute atomic E-state index is 0.209. The first-order valence-corrected chi connectivity index (χ1v) is 8.26. The quantitative estimate of drug-likeness (QED) is 0.381. The number of hydrogen-bond donors (Lipinski definition) is 0. The third-order valence-electron chi connectivity index (χ3n) is 3.67. The van der Waals surface area contributed by atoms with Crippen LogP contribution in [0.1, 0.15) is 39.0 Å². The lowest BCUT2D eigenvalue weighted by Crippen LogP contribution is -2.35. The Labute approximate surface area is 128 Å². The van der Waals surface area contributed by atoms with Crippen molar-refractivity contribution in [2.24, 2.45) is 0 Å². The molecule has 1 aliphatic rings. The maximum atomic E-state index is 12.9. The van der Waals surface area contributed by atoms with E-state index in [1.54, 1.807) is 0 Å². The molecule has 6 nitrogen and oxygen atoms in total. The molecule has 0 atom stereocenters. The normalized spacial score (nSPS) is 18.2. The Kier molecular flexibility index (Phi) is 6.05. The Morgan fingerprint density at radius 2 is 1.91 bits per heavy atom. The van der Waals surface area contributed by atoms with Gasteiger partial charge in [-0.2, -0.15) is 8.78 Å². The molecule has 0 bridgehead atoms. The van der Waals surface area contributed by atoms with Crippen molar-refractivity contribution in [1.29, 1.82) is 0 Å². The molecule has 1 saturated carbocycles.